The van der Waals surface area contributed by atoms with Gasteiger partial charge in [-0.05, 0) is 19.9 Å². The number of carbonyl (C=O) groups excluding carboxylic acids is 1. The fraction of sp³-hybridized carbons (Fsp3) is 0.923. The predicted molar refractivity (Wildman–Crippen MR) is 72.4 cm³/mol. The topological polar surface area (TPSA) is 58.8 Å². The number of hydrogen-bond acceptors (Lipinski definition) is 4. The van der Waals surface area contributed by atoms with Crippen molar-refractivity contribution in [3.8, 4) is 0 Å². The molecule has 1 aliphatic rings. The summed E-state index contributed by atoms with van der Waals surface area (Å²) in [6.45, 7) is 9.24. The van der Waals surface area contributed by atoms with Crippen LogP contribution in [0.4, 0.5) is 0 Å². The highest BCUT2D eigenvalue weighted by Crippen LogP contribution is 2.08. The second-order valence-corrected chi connectivity index (χ2v) is 4.79. The van der Waals surface area contributed by atoms with Crippen LogP contribution in [-0.4, -0.2) is 67.7 Å². The zero-order chi connectivity index (χ0) is 13.4. The van der Waals surface area contributed by atoms with Gasteiger partial charge in [-0.3, -0.25) is 9.69 Å². The van der Waals surface area contributed by atoms with Crippen LogP contribution in [0.1, 0.15) is 26.7 Å². The van der Waals surface area contributed by atoms with Gasteiger partial charge in [0, 0.05) is 26.2 Å². The summed E-state index contributed by atoms with van der Waals surface area (Å²) in [7, 11) is 0. The number of carbonyl (C=O) groups is 1. The molecule has 0 radical (unpaired) electrons. The number of rotatable bonds is 7. The molecular formula is C13H27N3O2. The molecule has 1 fully saturated rings. The Kier molecular flexibility index (Phi) is 7.23. The number of hydrogen-bond donors (Lipinski definition) is 1. The SMILES string of the molecule is CCCCN(CCN)C(C)C(=O)N1CCOCC1. The van der Waals surface area contributed by atoms with E-state index in [1.54, 1.807) is 0 Å². The Morgan fingerprint density at radius 1 is 1.39 bits per heavy atom. The van der Waals surface area contributed by atoms with E-state index in [0.29, 0.717) is 32.8 Å². The Hall–Kier alpha value is -0.650. The van der Waals surface area contributed by atoms with Crippen molar-refractivity contribution in [1.29, 1.82) is 0 Å². The van der Waals surface area contributed by atoms with Gasteiger partial charge in [-0.25, -0.2) is 0 Å². The molecule has 1 heterocycles. The van der Waals surface area contributed by atoms with Crippen molar-refractivity contribution in [2.75, 3.05) is 45.9 Å². The molecule has 5 heteroatoms. The van der Waals surface area contributed by atoms with Gasteiger partial charge in [0.15, 0.2) is 0 Å². The van der Waals surface area contributed by atoms with E-state index in [1.807, 2.05) is 11.8 Å². The molecule has 0 aliphatic carbocycles. The Balaban J connectivity index is 2.50. The van der Waals surface area contributed by atoms with E-state index in [9.17, 15) is 4.79 Å². The maximum absolute atomic E-state index is 12.4. The van der Waals surface area contributed by atoms with Gasteiger partial charge in [0.1, 0.15) is 0 Å². The van der Waals surface area contributed by atoms with E-state index in [4.69, 9.17) is 10.5 Å². The van der Waals surface area contributed by atoms with Crippen LogP contribution in [0.15, 0.2) is 0 Å². The lowest BCUT2D eigenvalue weighted by atomic mass is 10.2. The molecule has 0 bridgehead atoms. The Labute approximate surface area is 110 Å². The highest BCUT2D eigenvalue weighted by Gasteiger charge is 2.26. The minimum Gasteiger partial charge on any atom is -0.378 e. The van der Waals surface area contributed by atoms with Gasteiger partial charge in [-0.2, -0.15) is 0 Å². The Morgan fingerprint density at radius 2 is 2.06 bits per heavy atom. The summed E-state index contributed by atoms with van der Waals surface area (Å²) < 4.78 is 5.27. The third-order valence-corrected chi connectivity index (χ3v) is 3.44. The van der Waals surface area contributed by atoms with Crippen LogP contribution in [0.2, 0.25) is 0 Å². The maximum Gasteiger partial charge on any atom is 0.239 e. The second-order valence-electron chi connectivity index (χ2n) is 4.79. The molecule has 1 saturated heterocycles. The van der Waals surface area contributed by atoms with Crippen LogP contribution in [0.3, 0.4) is 0 Å². The predicted octanol–water partition coefficient (Wildman–Crippen LogP) is 0.295. The number of ether oxygens (including phenoxy) is 1. The zero-order valence-corrected chi connectivity index (χ0v) is 11.7. The average molecular weight is 257 g/mol. The molecule has 18 heavy (non-hydrogen) atoms. The second kappa shape index (κ2) is 8.45. The standard InChI is InChI=1S/C13H27N3O2/c1-3-4-6-15(7-5-14)12(2)13(17)16-8-10-18-11-9-16/h12H,3-11,14H2,1-2H3. The lowest BCUT2D eigenvalue weighted by Crippen LogP contribution is -2.51. The van der Waals surface area contributed by atoms with Crippen LogP contribution in [0.5, 0.6) is 0 Å². The van der Waals surface area contributed by atoms with E-state index in [-0.39, 0.29) is 11.9 Å². The minimum absolute atomic E-state index is 0.0711. The average Bonchev–Trinajstić information content (AvgIpc) is 2.43. The van der Waals surface area contributed by atoms with Gasteiger partial charge in [-0.1, -0.05) is 13.3 Å². The Bertz CT molecular complexity index is 242. The summed E-state index contributed by atoms with van der Waals surface area (Å²) >= 11 is 0. The van der Waals surface area contributed by atoms with Crippen LogP contribution in [-0.2, 0) is 9.53 Å². The van der Waals surface area contributed by atoms with E-state index in [1.165, 1.54) is 0 Å². The third-order valence-electron chi connectivity index (χ3n) is 3.44. The zero-order valence-electron chi connectivity index (χ0n) is 11.7. The normalized spacial score (nSPS) is 18.1. The van der Waals surface area contributed by atoms with Crippen LogP contribution < -0.4 is 5.73 Å². The number of morpholine rings is 1. The summed E-state index contributed by atoms with van der Waals surface area (Å²) in [4.78, 5) is 16.5. The van der Waals surface area contributed by atoms with Gasteiger partial charge < -0.3 is 15.4 Å². The molecule has 1 unspecified atom stereocenters. The molecule has 1 rings (SSSR count). The molecule has 0 aromatic rings. The first kappa shape index (κ1) is 15.4. The third kappa shape index (κ3) is 4.55. The molecule has 5 nitrogen and oxygen atoms in total. The largest absolute Gasteiger partial charge is 0.378 e. The van der Waals surface area contributed by atoms with Gasteiger partial charge in [-0.15, -0.1) is 0 Å². The van der Waals surface area contributed by atoms with Crippen molar-refractivity contribution in [3.05, 3.63) is 0 Å². The van der Waals surface area contributed by atoms with Crippen molar-refractivity contribution < 1.29 is 9.53 Å². The maximum atomic E-state index is 12.4. The van der Waals surface area contributed by atoms with Crippen LogP contribution >= 0.6 is 0 Å². The Morgan fingerprint density at radius 3 is 2.61 bits per heavy atom. The first-order valence-electron chi connectivity index (χ1n) is 7.01. The fourth-order valence-electron chi connectivity index (χ4n) is 2.23. The van der Waals surface area contributed by atoms with Gasteiger partial charge >= 0.3 is 0 Å². The molecule has 0 saturated carbocycles. The molecule has 2 N–H and O–H groups in total. The van der Waals surface area contributed by atoms with Crippen molar-refractivity contribution in [2.24, 2.45) is 5.73 Å². The number of nitrogens with two attached hydrogens (primary N) is 1. The lowest BCUT2D eigenvalue weighted by molar-refractivity contribution is -0.140. The van der Waals surface area contributed by atoms with E-state index in [0.717, 1.165) is 25.9 Å². The van der Waals surface area contributed by atoms with Crippen molar-refractivity contribution in [3.63, 3.8) is 0 Å². The van der Waals surface area contributed by atoms with Gasteiger partial charge in [0.25, 0.3) is 0 Å². The van der Waals surface area contributed by atoms with E-state index < -0.39 is 0 Å². The molecule has 0 spiro atoms. The molecule has 0 aromatic carbocycles. The number of amides is 1. The molecular weight excluding hydrogens is 230 g/mol. The van der Waals surface area contributed by atoms with Crippen LogP contribution in [0, 0.1) is 0 Å². The molecule has 106 valence electrons. The first-order valence-corrected chi connectivity index (χ1v) is 7.01. The molecule has 0 aromatic heterocycles. The summed E-state index contributed by atoms with van der Waals surface area (Å²) in [5.74, 6) is 0.211. The fourth-order valence-corrected chi connectivity index (χ4v) is 2.23. The van der Waals surface area contributed by atoms with Gasteiger partial charge in [0.2, 0.25) is 5.91 Å². The number of nitrogens with zero attached hydrogens (tertiary/aromatic N) is 2. The molecule has 1 amide bonds. The summed E-state index contributed by atoms with van der Waals surface area (Å²) in [5.41, 5.74) is 5.63. The van der Waals surface area contributed by atoms with E-state index >= 15 is 0 Å². The summed E-state index contributed by atoms with van der Waals surface area (Å²) in [6.07, 6.45) is 2.25. The van der Waals surface area contributed by atoms with Crippen molar-refractivity contribution >= 4 is 5.91 Å². The highest BCUT2D eigenvalue weighted by molar-refractivity contribution is 5.81. The summed E-state index contributed by atoms with van der Waals surface area (Å²) in [6, 6.07) is -0.0711. The van der Waals surface area contributed by atoms with Gasteiger partial charge in [0.05, 0.1) is 19.3 Å². The quantitative estimate of drug-likeness (QED) is 0.712. The van der Waals surface area contributed by atoms with Crippen LogP contribution in [0.25, 0.3) is 0 Å². The minimum atomic E-state index is -0.0711. The number of unbranched alkanes of at least 4 members (excludes halogenated alkanes) is 1. The molecule has 1 aliphatic heterocycles. The van der Waals surface area contributed by atoms with E-state index in [2.05, 4.69) is 11.8 Å². The monoisotopic (exact) mass is 257 g/mol. The van der Waals surface area contributed by atoms with Crippen molar-refractivity contribution in [2.45, 2.75) is 32.7 Å². The lowest BCUT2D eigenvalue weighted by Gasteiger charge is -2.34. The highest BCUT2D eigenvalue weighted by atomic mass is 16.5. The smallest absolute Gasteiger partial charge is 0.239 e. The van der Waals surface area contributed by atoms with Crippen molar-refractivity contribution in [1.82, 2.24) is 9.80 Å². The summed E-state index contributed by atoms with van der Waals surface area (Å²) in [5, 5.41) is 0. The first-order chi connectivity index (χ1) is 8.70. The molecule has 1 atom stereocenters.